The fourth-order valence-corrected chi connectivity index (χ4v) is 5.17. The van der Waals surface area contributed by atoms with E-state index >= 15 is 0 Å². The molecule has 1 saturated carbocycles. The molecule has 4 heterocycles. The number of allylic oxidation sites excluding steroid dienone is 1. The predicted molar refractivity (Wildman–Crippen MR) is 116 cm³/mol. The first kappa shape index (κ1) is 20.8. The molecule has 2 aromatic heterocycles. The summed E-state index contributed by atoms with van der Waals surface area (Å²) < 4.78 is 21.1. The van der Waals surface area contributed by atoms with Crippen molar-refractivity contribution in [2.75, 3.05) is 12.3 Å². The van der Waals surface area contributed by atoms with Gasteiger partial charge in [-0.25, -0.2) is 15.0 Å². The lowest BCUT2D eigenvalue weighted by Crippen LogP contribution is -2.52. The highest BCUT2D eigenvalue weighted by atomic mass is 16.8. The highest BCUT2D eigenvalue weighted by molar-refractivity contribution is 5.81. The topological polar surface area (TPSA) is 101 Å². The van der Waals surface area contributed by atoms with E-state index in [0.29, 0.717) is 35.0 Å². The van der Waals surface area contributed by atoms with Gasteiger partial charge in [-0.1, -0.05) is 6.08 Å². The van der Waals surface area contributed by atoms with E-state index in [-0.39, 0.29) is 18.3 Å². The maximum Gasteiger partial charge on any atom is 0.167 e. The van der Waals surface area contributed by atoms with Crippen molar-refractivity contribution in [3.05, 3.63) is 25.3 Å². The Balaban J connectivity index is 1.42. The van der Waals surface area contributed by atoms with Crippen LogP contribution in [0.5, 0.6) is 0 Å². The number of aromatic nitrogens is 4. The lowest BCUT2D eigenvalue weighted by Gasteiger charge is -2.45. The van der Waals surface area contributed by atoms with Gasteiger partial charge in [-0.3, -0.25) is 9.47 Å². The van der Waals surface area contributed by atoms with Gasteiger partial charge in [0.05, 0.1) is 6.33 Å². The third-order valence-electron chi connectivity index (χ3n) is 6.79. The second kappa shape index (κ2) is 7.51. The van der Waals surface area contributed by atoms with Crippen molar-refractivity contribution < 1.29 is 14.2 Å². The van der Waals surface area contributed by atoms with Gasteiger partial charge < -0.3 is 19.9 Å². The van der Waals surface area contributed by atoms with Crippen LogP contribution in [0.2, 0.25) is 0 Å². The molecule has 0 aromatic carbocycles. The summed E-state index contributed by atoms with van der Waals surface area (Å²) in [7, 11) is 0. The second-order valence-electron chi connectivity index (χ2n) is 9.62. The average Bonchev–Trinajstić information content (AvgIpc) is 3.32. The number of fused-ring (bicyclic) bond motifs is 2. The second-order valence-corrected chi connectivity index (χ2v) is 9.62. The van der Waals surface area contributed by atoms with E-state index in [9.17, 15) is 0 Å². The molecule has 5 rings (SSSR count). The van der Waals surface area contributed by atoms with Crippen LogP contribution in [0.4, 0.5) is 5.82 Å². The van der Waals surface area contributed by atoms with E-state index in [4.69, 9.17) is 19.9 Å². The molecule has 0 bridgehead atoms. The van der Waals surface area contributed by atoms with Crippen LogP contribution < -0.4 is 5.73 Å². The van der Waals surface area contributed by atoms with Crippen LogP contribution in [0, 0.1) is 5.92 Å². The van der Waals surface area contributed by atoms with Gasteiger partial charge in [0.2, 0.25) is 0 Å². The normalized spacial score (nSPS) is 34.4. The number of ether oxygens (including phenoxy) is 3. The fraction of sp³-hybridized carbons (Fsp3) is 0.682. The van der Waals surface area contributed by atoms with Gasteiger partial charge in [-0.05, 0) is 46.5 Å². The zero-order valence-electron chi connectivity index (χ0n) is 18.6. The summed E-state index contributed by atoms with van der Waals surface area (Å²) in [5.41, 5.74) is 7.19. The molecule has 0 unspecified atom stereocenters. The van der Waals surface area contributed by atoms with Gasteiger partial charge in [-0.2, -0.15) is 0 Å². The van der Waals surface area contributed by atoms with Crippen molar-refractivity contribution in [3.63, 3.8) is 0 Å². The molecule has 4 atom stereocenters. The summed E-state index contributed by atoms with van der Waals surface area (Å²) in [5.74, 6) is 0.294. The van der Waals surface area contributed by atoms with Crippen molar-refractivity contribution in [3.8, 4) is 0 Å². The first-order valence-electron chi connectivity index (χ1n) is 11.1. The zero-order valence-corrected chi connectivity index (χ0v) is 18.6. The number of rotatable bonds is 6. The minimum absolute atomic E-state index is 0.126. The third-order valence-corrected chi connectivity index (χ3v) is 6.79. The Kier molecular flexibility index (Phi) is 5.04. The molecule has 3 fully saturated rings. The molecule has 2 aromatic rings. The van der Waals surface area contributed by atoms with E-state index in [2.05, 4.69) is 46.4 Å². The van der Waals surface area contributed by atoms with E-state index in [1.807, 2.05) is 18.4 Å². The molecule has 2 N–H and O–H groups in total. The summed E-state index contributed by atoms with van der Waals surface area (Å²) in [6.45, 7) is 13.1. The highest BCUT2D eigenvalue weighted by Crippen LogP contribution is 2.45. The molecule has 168 valence electrons. The molecule has 0 amide bonds. The Hall–Kier alpha value is -2.07. The summed E-state index contributed by atoms with van der Waals surface area (Å²) in [6, 6.07) is 0.954. The molecule has 1 aliphatic carbocycles. The molecule has 2 aliphatic heterocycles. The summed E-state index contributed by atoms with van der Waals surface area (Å²) >= 11 is 0. The smallest absolute Gasteiger partial charge is 0.167 e. The zero-order chi connectivity index (χ0) is 21.9. The molecular formula is C22H32N6O3. The third kappa shape index (κ3) is 3.53. The first-order chi connectivity index (χ1) is 14.8. The molecule has 9 heteroatoms. The van der Waals surface area contributed by atoms with Crippen LogP contribution in [0.25, 0.3) is 11.2 Å². The van der Waals surface area contributed by atoms with Crippen molar-refractivity contribution in [1.82, 2.24) is 24.4 Å². The van der Waals surface area contributed by atoms with Gasteiger partial charge in [0.25, 0.3) is 0 Å². The largest absolute Gasteiger partial charge is 0.382 e. The number of hydrogen-bond acceptors (Lipinski definition) is 8. The monoisotopic (exact) mass is 428 g/mol. The predicted octanol–water partition coefficient (Wildman–Crippen LogP) is 2.50. The summed E-state index contributed by atoms with van der Waals surface area (Å²) in [6.07, 6.45) is 6.57. The Labute approximate surface area is 182 Å². The van der Waals surface area contributed by atoms with E-state index < -0.39 is 12.0 Å². The minimum Gasteiger partial charge on any atom is -0.382 e. The molecule has 2 saturated heterocycles. The SMILES string of the molecule is C=CC1CC(N(C[C@H]2O[C@@H](n3cnc4c(N)ncnc43)[C@@H]3OC(C)(C)O[C@@H]32)C(C)C)C1. The van der Waals surface area contributed by atoms with E-state index in [1.165, 1.54) is 6.33 Å². The van der Waals surface area contributed by atoms with Crippen molar-refractivity contribution in [1.29, 1.82) is 0 Å². The molecule has 0 spiro atoms. The Morgan fingerprint density at radius 1 is 1.26 bits per heavy atom. The van der Waals surface area contributed by atoms with Crippen molar-refractivity contribution in [2.24, 2.45) is 5.92 Å². The molecule has 31 heavy (non-hydrogen) atoms. The lowest BCUT2D eigenvalue weighted by atomic mass is 9.79. The quantitative estimate of drug-likeness (QED) is 0.701. The number of imidazole rings is 1. The van der Waals surface area contributed by atoms with Gasteiger partial charge in [-0.15, -0.1) is 6.58 Å². The summed E-state index contributed by atoms with van der Waals surface area (Å²) in [4.78, 5) is 15.4. The summed E-state index contributed by atoms with van der Waals surface area (Å²) in [5, 5.41) is 0. The molecule has 3 aliphatic rings. The van der Waals surface area contributed by atoms with Gasteiger partial charge in [0, 0.05) is 18.6 Å². The number of anilines is 1. The maximum atomic E-state index is 6.58. The standard InChI is InChI=1S/C22H32N6O3/c1-6-13-7-14(8-13)27(12(2)3)9-15-17-18(31-22(4,5)30-17)21(29-15)28-11-26-16-19(23)24-10-25-20(16)28/h6,10-15,17-18,21H,1,7-9H2,2-5H3,(H2,23,24,25)/t13?,14?,15-,17-,18-,21-/m1/s1. The highest BCUT2D eigenvalue weighted by Gasteiger charge is 2.56. The lowest BCUT2D eigenvalue weighted by molar-refractivity contribution is -0.199. The molecule has 0 radical (unpaired) electrons. The molecular weight excluding hydrogens is 396 g/mol. The van der Waals surface area contributed by atoms with Crippen LogP contribution in [-0.2, 0) is 14.2 Å². The van der Waals surface area contributed by atoms with Gasteiger partial charge in [0.15, 0.2) is 23.5 Å². The van der Waals surface area contributed by atoms with Crippen molar-refractivity contribution in [2.45, 2.75) is 82.9 Å². The van der Waals surface area contributed by atoms with E-state index in [0.717, 1.165) is 19.4 Å². The Morgan fingerprint density at radius 3 is 2.71 bits per heavy atom. The number of nitrogens with two attached hydrogens (primary N) is 1. The number of hydrogen-bond donors (Lipinski definition) is 1. The Morgan fingerprint density at radius 2 is 2.00 bits per heavy atom. The number of nitrogens with zero attached hydrogens (tertiary/aromatic N) is 5. The van der Waals surface area contributed by atoms with Crippen molar-refractivity contribution >= 4 is 17.0 Å². The molecule has 9 nitrogen and oxygen atoms in total. The Bertz CT molecular complexity index is 969. The van der Waals surface area contributed by atoms with Crippen LogP contribution >= 0.6 is 0 Å². The first-order valence-corrected chi connectivity index (χ1v) is 11.1. The van der Waals surface area contributed by atoms with Gasteiger partial charge in [0.1, 0.15) is 30.2 Å². The fourth-order valence-electron chi connectivity index (χ4n) is 5.17. The maximum absolute atomic E-state index is 6.58. The average molecular weight is 429 g/mol. The number of nitrogen functional groups attached to an aromatic ring is 1. The minimum atomic E-state index is -0.674. The van der Waals surface area contributed by atoms with Crippen LogP contribution in [0.3, 0.4) is 0 Å². The van der Waals surface area contributed by atoms with Crippen LogP contribution in [0.1, 0.15) is 46.8 Å². The van der Waals surface area contributed by atoms with Crippen LogP contribution in [-0.4, -0.2) is 67.1 Å². The van der Waals surface area contributed by atoms with E-state index in [1.54, 1.807) is 6.33 Å². The van der Waals surface area contributed by atoms with Gasteiger partial charge >= 0.3 is 0 Å². The van der Waals surface area contributed by atoms with Crippen LogP contribution in [0.15, 0.2) is 25.3 Å².